The van der Waals surface area contributed by atoms with Gasteiger partial charge < -0.3 is 5.32 Å². The Bertz CT molecular complexity index is 1340. The summed E-state index contributed by atoms with van der Waals surface area (Å²) in [7, 11) is 0. The van der Waals surface area contributed by atoms with Gasteiger partial charge in [-0.25, -0.2) is 14.3 Å². The number of aromatic nitrogens is 5. The summed E-state index contributed by atoms with van der Waals surface area (Å²) in [6.07, 6.45) is 4.90. The van der Waals surface area contributed by atoms with Gasteiger partial charge >= 0.3 is 0 Å². The Labute approximate surface area is 185 Å². The largest absolute Gasteiger partial charge is 0.322 e. The predicted octanol–water partition coefficient (Wildman–Crippen LogP) is 4.43. The van der Waals surface area contributed by atoms with Crippen LogP contribution >= 0.6 is 0 Å². The minimum absolute atomic E-state index is 0.189. The summed E-state index contributed by atoms with van der Waals surface area (Å²) in [5.41, 5.74) is 5.07. The molecular weight excluding hydrogens is 400 g/mol. The van der Waals surface area contributed by atoms with E-state index in [4.69, 9.17) is 0 Å². The Kier molecular flexibility index (Phi) is 5.28. The van der Waals surface area contributed by atoms with E-state index in [9.17, 15) is 4.79 Å². The van der Waals surface area contributed by atoms with E-state index in [0.29, 0.717) is 12.1 Å². The number of hydrogen-bond acceptors (Lipinski definition) is 4. The Morgan fingerprint density at radius 1 is 0.875 bits per heavy atom. The molecule has 0 aliphatic rings. The Morgan fingerprint density at radius 2 is 1.72 bits per heavy atom. The van der Waals surface area contributed by atoms with Crippen LogP contribution in [0.25, 0.3) is 16.9 Å². The summed E-state index contributed by atoms with van der Waals surface area (Å²) in [5, 5.41) is 11.6. The first-order valence-corrected chi connectivity index (χ1v) is 10.2. The highest BCUT2D eigenvalue weighted by molar-refractivity contribution is 6.05. The molecule has 0 atom stereocenters. The summed E-state index contributed by atoms with van der Waals surface area (Å²) in [4.78, 5) is 17.0. The number of hydrogen-bond donors (Lipinski definition) is 1. The zero-order valence-electron chi connectivity index (χ0n) is 17.2. The zero-order chi connectivity index (χ0) is 21.8. The van der Waals surface area contributed by atoms with Gasteiger partial charge in [-0.2, -0.15) is 10.2 Å². The molecule has 7 nitrogen and oxygen atoms in total. The molecule has 1 N–H and O–H groups in total. The van der Waals surface area contributed by atoms with Gasteiger partial charge in [0.05, 0.1) is 24.1 Å². The van der Waals surface area contributed by atoms with Crippen molar-refractivity contribution >= 4 is 11.6 Å². The fourth-order valence-electron chi connectivity index (χ4n) is 3.58. The van der Waals surface area contributed by atoms with Gasteiger partial charge in [-0.3, -0.25) is 4.79 Å². The molecule has 2 aromatic heterocycles. The minimum atomic E-state index is -0.189. The van der Waals surface area contributed by atoms with Gasteiger partial charge in [-0.15, -0.1) is 0 Å². The molecule has 32 heavy (non-hydrogen) atoms. The lowest BCUT2D eigenvalue weighted by Crippen LogP contribution is -2.15. The average molecular weight is 420 g/mol. The van der Waals surface area contributed by atoms with Gasteiger partial charge in [0.1, 0.15) is 12.7 Å². The number of anilines is 1. The first-order valence-electron chi connectivity index (χ1n) is 10.2. The molecule has 0 fully saturated rings. The summed E-state index contributed by atoms with van der Waals surface area (Å²) in [6.45, 7) is 0.518. The van der Waals surface area contributed by atoms with Crippen molar-refractivity contribution in [2.24, 2.45) is 0 Å². The first kappa shape index (κ1) is 19.4. The van der Waals surface area contributed by atoms with E-state index < -0.39 is 0 Å². The fraction of sp³-hybridized carbons (Fsp3) is 0.0400. The normalized spacial score (nSPS) is 10.8. The van der Waals surface area contributed by atoms with Crippen LogP contribution in [0.5, 0.6) is 0 Å². The van der Waals surface area contributed by atoms with E-state index in [0.717, 1.165) is 28.2 Å². The van der Waals surface area contributed by atoms with Crippen molar-refractivity contribution < 1.29 is 4.79 Å². The number of para-hydroxylation sites is 1. The van der Waals surface area contributed by atoms with Crippen LogP contribution in [0.4, 0.5) is 5.69 Å². The van der Waals surface area contributed by atoms with Crippen LogP contribution in [0.2, 0.25) is 0 Å². The molecule has 0 saturated carbocycles. The summed E-state index contributed by atoms with van der Waals surface area (Å²) < 4.78 is 3.55. The lowest BCUT2D eigenvalue weighted by molar-refractivity contribution is 0.102. The van der Waals surface area contributed by atoms with Crippen LogP contribution in [-0.2, 0) is 6.54 Å². The molecule has 5 rings (SSSR count). The van der Waals surface area contributed by atoms with Crippen LogP contribution in [0.3, 0.4) is 0 Å². The van der Waals surface area contributed by atoms with Crippen molar-refractivity contribution in [1.29, 1.82) is 0 Å². The Hall–Kier alpha value is -4.52. The number of rotatable bonds is 6. The van der Waals surface area contributed by atoms with Crippen LogP contribution in [0, 0.1) is 0 Å². The molecule has 1 amide bonds. The lowest BCUT2D eigenvalue weighted by atomic mass is 10.1. The SMILES string of the molecule is O=C(Nc1ccccc1Cn1cncn1)c1cccc(-n2nccc2-c2ccccc2)c1. The quantitative estimate of drug-likeness (QED) is 0.441. The first-order chi connectivity index (χ1) is 15.8. The Morgan fingerprint density at radius 3 is 2.56 bits per heavy atom. The van der Waals surface area contributed by atoms with E-state index >= 15 is 0 Å². The Balaban J connectivity index is 1.41. The molecule has 0 saturated heterocycles. The van der Waals surface area contributed by atoms with Crippen LogP contribution in [0.1, 0.15) is 15.9 Å². The molecule has 0 spiro atoms. The molecule has 2 heterocycles. The third-order valence-corrected chi connectivity index (χ3v) is 5.13. The highest BCUT2D eigenvalue weighted by atomic mass is 16.1. The number of benzene rings is 3. The highest BCUT2D eigenvalue weighted by Crippen LogP contribution is 2.23. The van der Waals surface area contributed by atoms with E-state index in [2.05, 4.69) is 20.5 Å². The van der Waals surface area contributed by atoms with Gasteiger partial charge in [-0.05, 0) is 35.9 Å². The third-order valence-electron chi connectivity index (χ3n) is 5.13. The zero-order valence-corrected chi connectivity index (χ0v) is 17.2. The number of amides is 1. The van der Waals surface area contributed by atoms with E-state index in [1.165, 1.54) is 6.33 Å². The molecule has 5 aromatic rings. The highest BCUT2D eigenvalue weighted by Gasteiger charge is 2.13. The maximum absolute atomic E-state index is 13.1. The van der Waals surface area contributed by atoms with Gasteiger partial charge in [0.25, 0.3) is 5.91 Å². The van der Waals surface area contributed by atoms with E-state index in [-0.39, 0.29) is 5.91 Å². The van der Waals surface area contributed by atoms with Gasteiger partial charge in [-0.1, -0.05) is 54.6 Å². The number of carbonyl (C=O) groups excluding carboxylic acids is 1. The molecule has 156 valence electrons. The van der Waals surface area contributed by atoms with Crippen molar-refractivity contribution in [2.45, 2.75) is 6.54 Å². The minimum Gasteiger partial charge on any atom is -0.322 e. The van der Waals surface area contributed by atoms with Crippen molar-refractivity contribution in [1.82, 2.24) is 24.5 Å². The molecule has 3 aromatic carbocycles. The molecular formula is C25H20N6O. The molecule has 0 bridgehead atoms. The van der Waals surface area contributed by atoms with Gasteiger partial charge in [0, 0.05) is 16.8 Å². The van der Waals surface area contributed by atoms with Crippen LogP contribution in [-0.4, -0.2) is 30.5 Å². The summed E-state index contributed by atoms with van der Waals surface area (Å²) in [6, 6.07) is 27.1. The maximum atomic E-state index is 13.1. The van der Waals surface area contributed by atoms with Crippen LogP contribution < -0.4 is 5.32 Å². The smallest absolute Gasteiger partial charge is 0.255 e. The second-order valence-electron chi connectivity index (χ2n) is 7.25. The second-order valence-corrected chi connectivity index (χ2v) is 7.25. The van der Waals surface area contributed by atoms with Crippen molar-refractivity contribution in [2.75, 3.05) is 5.32 Å². The molecule has 7 heteroatoms. The van der Waals surface area contributed by atoms with E-state index in [1.807, 2.05) is 83.5 Å². The van der Waals surface area contributed by atoms with Gasteiger partial charge in [0.15, 0.2) is 0 Å². The maximum Gasteiger partial charge on any atom is 0.255 e. The number of nitrogens with zero attached hydrogens (tertiary/aromatic N) is 5. The summed E-state index contributed by atoms with van der Waals surface area (Å²) in [5.74, 6) is -0.189. The lowest BCUT2D eigenvalue weighted by Gasteiger charge is -2.12. The topological polar surface area (TPSA) is 77.6 Å². The molecule has 0 aliphatic carbocycles. The second kappa shape index (κ2) is 8.69. The number of carbonyl (C=O) groups is 1. The van der Waals surface area contributed by atoms with Crippen molar-refractivity contribution in [3.8, 4) is 16.9 Å². The third kappa shape index (κ3) is 4.04. The van der Waals surface area contributed by atoms with Crippen molar-refractivity contribution in [3.05, 3.63) is 115 Å². The summed E-state index contributed by atoms with van der Waals surface area (Å²) >= 11 is 0. The van der Waals surface area contributed by atoms with E-state index in [1.54, 1.807) is 23.3 Å². The molecule has 0 unspecified atom stereocenters. The van der Waals surface area contributed by atoms with Crippen LogP contribution in [0.15, 0.2) is 104 Å². The average Bonchev–Trinajstić information content (AvgIpc) is 3.53. The van der Waals surface area contributed by atoms with Crippen molar-refractivity contribution in [3.63, 3.8) is 0 Å². The van der Waals surface area contributed by atoms with Gasteiger partial charge in [0.2, 0.25) is 0 Å². The molecule has 0 radical (unpaired) electrons. The monoisotopic (exact) mass is 420 g/mol. The standard InChI is InChI=1S/C25H20N6O/c32-25(29-23-12-5-4-9-21(23)16-30-18-26-17-28-30)20-10-6-11-22(15-20)31-24(13-14-27-31)19-7-2-1-3-8-19/h1-15,17-18H,16H2,(H,29,32). The fourth-order valence-corrected chi connectivity index (χ4v) is 3.58. The molecule has 0 aliphatic heterocycles. The predicted molar refractivity (Wildman–Crippen MR) is 123 cm³/mol. The number of nitrogens with one attached hydrogen (secondary N) is 1.